The summed E-state index contributed by atoms with van der Waals surface area (Å²) in [6, 6.07) is 28.1. The van der Waals surface area contributed by atoms with Crippen LogP contribution in [0.5, 0.6) is 0 Å². The molecule has 9 rings (SSSR count). The molecule has 0 saturated heterocycles. The number of aromatic nitrogens is 8. The van der Waals surface area contributed by atoms with E-state index in [1.165, 1.54) is 6.07 Å². The zero-order valence-electron chi connectivity index (χ0n) is 22.5. The molecule has 2 aliphatic heterocycles. The first-order valence-electron chi connectivity index (χ1n) is 13.5. The van der Waals surface area contributed by atoms with Gasteiger partial charge in [-0.25, -0.2) is 29.9 Å². The summed E-state index contributed by atoms with van der Waals surface area (Å²) in [6.45, 7) is 0. The van der Waals surface area contributed by atoms with Crippen molar-refractivity contribution < 1.29 is 54.3 Å². The Balaban J connectivity index is 0.00000289. The molecular weight excluding hydrogens is 694 g/mol. The number of nitrogens with zero attached hydrogens (tertiary/aromatic N) is 7. The molecule has 0 amide bonds. The first kappa shape index (κ1) is 26.8. The first-order chi connectivity index (χ1) is 21.1. The second-order valence-corrected chi connectivity index (χ2v) is 10.2. The van der Waals surface area contributed by atoms with Gasteiger partial charge in [-0.2, -0.15) is 0 Å². The average Bonchev–Trinajstić information content (AvgIpc) is 3.76. The van der Waals surface area contributed by atoms with Crippen LogP contribution in [0.2, 0.25) is 0 Å². The van der Waals surface area contributed by atoms with Crippen LogP contribution in [0, 0.1) is 59.5 Å². The zero-order valence-corrected chi connectivity index (χ0v) is 24.9. The summed E-state index contributed by atoms with van der Waals surface area (Å²) in [5, 5.41) is 14.8. The number of non-ortho nitro benzene ring substituents is 1. The molecule has 3 aromatic heterocycles. The number of H-pyrrole nitrogens is 2. The molecule has 2 aliphatic rings. The van der Waals surface area contributed by atoms with Gasteiger partial charge in [-0.05, 0) is 0 Å². The molecule has 11 nitrogen and oxygen atoms in total. The van der Waals surface area contributed by atoms with Gasteiger partial charge in [0.2, 0.25) is 0 Å². The van der Waals surface area contributed by atoms with Gasteiger partial charge in [-0.15, -0.1) is 0 Å². The minimum atomic E-state index is -0.417. The normalized spacial score (nSPS) is 11.6. The van der Waals surface area contributed by atoms with E-state index in [0.29, 0.717) is 51.0 Å². The van der Waals surface area contributed by atoms with Crippen molar-refractivity contribution in [3.63, 3.8) is 0 Å². The molecule has 7 aromatic rings. The first-order valence-corrected chi connectivity index (χ1v) is 13.5. The van der Waals surface area contributed by atoms with Crippen LogP contribution in [-0.2, 0) is 0 Å². The number of aromatic amines is 2. The van der Waals surface area contributed by atoms with E-state index >= 15 is 0 Å². The Labute approximate surface area is 288 Å². The van der Waals surface area contributed by atoms with Crippen molar-refractivity contribution in [3.8, 4) is 45.6 Å². The van der Waals surface area contributed by atoms with Crippen LogP contribution in [0.25, 0.3) is 89.7 Å². The molecule has 0 atom stereocenters. The number of nitro groups is 1. The minimum absolute atomic E-state index is 0. The fourth-order valence-corrected chi connectivity index (χ4v) is 5.82. The van der Waals surface area contributed by atoms with Crippen molar-refractivity contribution in [2.75, 3.05) is 0 Å². The summed E-state index contributed by atoms with van der Waals surface area (Å²) in [4.78, 5) is 47.7. The summed E-state index contributed by atoms with van der Waals surface area (Å²) >= 11 is 0. The van der Waals surface area contributed by atoms with Gasteiger partial charge < -0.3 is 9.97 Å². The minimum Gasteiger partial charge on any atom is -0.324 e. The SMILES string of the molecule is O=[N+]([O-])c1cccc2c3nc4nc(nc5[nH]c(nc6nc(nc([nH]3)c12)-c1ccccc1-6)c1ccccc51)-c1ccccc1-4.[Eu]. The molecule has 0 aliphatic carbocycles. The van der Waals surface area contributed by atoms with Crippen LogP contribution in [0.4, 0.5) is 5.69 Å². The van der Waals surface area contributed by atoms with Crippen molar-refractivity contribution in [1.82, 2.24) is 39.9 Å². The smallest absolute Gasteiger partial charge is 0.281 e. The monoisotopic (exact) mass is 712 g/mol. The molecule has 12 heteroatoms. The maximum atomic E-state index is 12.1. The Kier molecular flexibility index (Phi) is 6.19. The maximum absolute atomic E-state index is 12.1. The molecule has 0 unspecified atom stereocenters. The van der Waals surface area contributed by atoms with Crippen LogP contribution in [0.3, 0.4) is 0 Å². The van der Waals surface area contributed by atoms with Gasteiger partial charge in [0, 0.05) is 93.9 Å². The van der Waals surface area contributed by atoms with Crippen LogP contribution >= 0.6 is 0 Å². The number of hydrogen-bond acceptors (Lipinski definition) is 8. The molecular formula is C32H17EuN9O2. The average molecular weight is 712 g/mol. The Hall–Kier alpha value is -4.78. The summed E-state index contributed by atoms with van der Waals surface area (Å²) in [6.07, 6.45) is 0. The molecule has 4 aromatic carbocycles. The van der Waals surface area contributed by atoms with E-state index in [4.69, 9.17) is 29.9 Å². The predicted octanol–water partition coefficient (Wildman–Crippen LogP) is 6.78. The second kappa shape index (κ2) is 10.2. The number of nitrogens with one attached hydrogen (secondary N) is 2. The molecule has 209 valence electrons. The Morgan fingerprint density at radius 1 is 0.477 bits per heavy atom. The van der Waals surface area contributed by atoms with E-state index < -0.39 is 4.92 Å². The fraction of sp³-hybridized carbons (Fsp3) is 0. The summed E-state index contributed by atoms with van der Waals surface area (Å²) in [5.41, 5.74) is 4.97. The number of hydrogen-bond donors (Lipinski definition) is 2. The van der Waals surface area contributed by atoms with Crippen molar-refractivity contribution in [3.05, 3.63) is 101 Å². The number of rotatable bonds is 1. The number of fused-ring (bicyclic) bond motifs is 20. The fourth-order valence-electron chi connectivity index (χ4n) is 5.82. The van der Waals surface area contributed by atoms with Crippen LogP contribution in [-0.4, -0.2) is 44.8 Å². The quantitative estimate of drug-likeness (QED) is 0.140. The van der Waals surface area contributed by atoms with Crippen LogP contribution < -0.4 is 0 Å². The summed E-state index contributed by atoms with van der Waals surface area (Å²) in [7, 11) is 0. The molecule has 44 heavy (non-hydrogen) atoms. The van der Waals surface area contributed by atoms with Gasteiger partial charge >= 0.3 is 0 Å². The zero-order chi connectivity index (χ0) is 28.7. The standard InChI is InChI=1S/C32H17N9O2.Eu/c42-41(43)23-15-7-14-22-24(23)32-39-30-21-13-6-5-12-20(21)28(37-30)35-26-17-9-2-1-8-16(17)25(33-26)34-27-18-10-3-4-11-19(18)29(36-27)38-31(22)40-32;/h1-15H,(H2,33,34,35,36,37,38,39,40);. The third kappa shape index (κ3) is 4.02. The van der Waals surface area contributed by atoms with E-state index in [9.17, 15) is 10.1 Å². The molecule has 5 heterocycles. The van der Waals surface area contributed by atoms with Gasteiger partial charge in [0.25, 0.3) is 5.69 Å². The van der Waals surface area contributed by atoms with E-state index in [0.717, 1.165) is 33.0 Å². The van der Waals surface area contributed by atoms with E-state index in [-0.39, 0.29) is 60.7 Å². The van der Waals surface area contributed by atoms with Crippen LogP contribution in [0.15, 0.2) is 91.0 Å². The largest absolute Gasteiger partial charge is 0.324 e. The summed E-state index contributed by atoms with van der Waals surface area (Å²) in [5.74, 6) is 1.78. The molecule has 1 radical (unpaired) electrons. The van der Waals surface area contributed by atoms with Crippen molar-refractivity contribution in [2.45, 2.75) is 0 Å². The molecule has 0 saturated carbocycles. The topological polar surface area (TPSA) is 152 Å². The second-order valence-electron chi connectivity index (χ2n) is 10.2. The van der Waals surface area contributed by atoms with Gasteiger partial charge in [0.1, 0.15) is 28.0 Å². The molecule has 0 spiro atoms. The molecule has 8 bridgehead atoms. The van der Waals surface area contributed by atoms with Gasteiger partial charge in [0.05, 0.1) is 4.92 Å². The molecule has 0 fully saturated rings. The Morgan fingerprint density at radius 3 is 1.34 bits per heavy atom. The Morgan fingerprint density at radius 2 is 0.864 bits per heavy atom. The number of benzene rings is 4. The van der Waals surface area contributed by atoms with Crippen molar-refractivity contribution in [2.24, 2.45) is 0 Å². The van der Waals surface area contributed by atoms with E-state index in [1.807, 2.05) is 72.8 Å². The van der Waals surface area contributed by atoms with Crippen molar-refractivity contribution in [1.29, 1.82) is 0 Å². The maximum Gasteiger partial charge on any atom is 0.281 e. The Bertz CT molecular complexity index is 2520. The van der Waals surface area contributed by atoms with E-state index in [2.05, 4.69) is 9.97 Å². The predicted molar refractivity (Wildman–Crippen MR) is 163 cm³/mol. The third-order valence-electron chi connectivity index (χ3n) is 7.75. The van der Waals surface area contributed by atoms with E-state index in [1.54, 1.807) is 12.1 Å². The van der Waals surface area contributed by atoms with Gasteiger partial charge in [-0.3, -0.25) is 10.1 Å². The third-order valence-corrected chi connectivity index (χ3v) is 7.75. The van der Waals surface area contributed by atoms with Gasteiger partial charge in [0.15, 0.2) is 23.3 Å². The summed E-state index contributed by atoms with van der Waals surface area (Å²) < 4.78 is 0. The van der Waals surface area contributed by atoms with Gasteiger partial charge in [-0.1, -0.05) is 84.9 Å². The molecule has 2 N–H and O–H groups in total. The van der Waals surface area contributed by atoms with Crippen molar-refractivity contribution >= 4 is 49.8 Å². The van der Waals surface area contributed by atoms with Crippen LogP contribution in [0.1, 0.15) is 0 Å². The number of nitro benzene ring substituents is 1.